The molecule has 2 aromatic carbocycles. The molecule has 0 aliphatic heterocycles. The first kappa shape index (κ1) is 24.0. The number of aliphatic hydroxyl groups is 1. The van der Waals surface area contributed by atoms with Gasteiger partial charge in [0, 0.05) is 41.5 Å². The normalized spacial score (nSPS) is 12.0. The second kappa shape index (κ2) is 9.59. The smallest absolute Gasteiger partial charge is 0.251 e. The average Bonchev–Trinajstić information content (AvgIpc) is 3.24. The van der Waals surface area contributed by atoms with E-state index in [1.54, 1.807) is 31.2 Å². The number of hydrogen-bond donors (Lipinski definition) is 3. The molecule has 2 amide bonds. The topological polar surface area (TPSA) is 136 Å². The molecule has 2 aromatic heterocycles. The first-order valence-electron chi connectivity index (χ1n) is 11.1. The number of benzene rings is 2. The van der Waals surface area contributed by atoms with Crippen LogP contribution in [-0.2, 0) is 17.6 Å². The largest absolute Gasteiger partial charge is 0.387 e. The predicted molar refractivity (Wildman–Crippen MR) is 128 cm³/mol. The lowest BCUT2D eigenvalue weighted by Gasteiger charge is -2.09. The van der Waals surface area contributed by atoms with Gasteiger partial charge >= 0.3 is 0 Å². The maximum atomic E-state index is 14.4. The number of halogens is 1. The minimum Gasteiger partial charge on any atom is -0.387 e. The lowest BCUT2D eigenvalue weighted by molar-refractivity contribution is -0.117. The maximum Gasteiger partial charge on any atom is 0.251 e. The third-order valence-electron chi connectivity index (χ3n) is 5.72. The number of fused-ring (bicyclic) bond motifs is 1. The summed E-state index contributed by atoms with van der Waals surface area (Å²) in [4.78, 5) is 32.9. The fourth-order valence-corrected chi connectivity index (χ4v) is 3.99. The molecule has 4 N–H and O–H groups in total. The van der Waals surface area contributed by atoms with E-state index in [-0.39, 0.29) is 35.4 Å². The van der Waals surface area contributed by atoms with Gasteiger partial charge in [-0.25, -0.2) is 14.4 Å². The molecule has 0 spiro atoms. The van der Waals surface area contributed by atoms with Crippen molar-refractivity contribution in [2.75, 3.05) is 7.05 Å². The molecule has 9 nitrogen and oxygen atoms in total. The lowest BCUT2D eigenvalue weighted by atomic mass is 9.99. The summed E-state index contributed by atoms with van der Waals surface area (Å²) in [6, 6.07) is 8.04. The monoisotopic (exact) mass is 476 g/mol. The fraction of sp³-hybridized carbons (Fsp3) is 0.240. The van der Waals surface area contributed by atoms with Crippen molar-refractivity contribution < 1.29 is 19.1 Å². The van der Waals surface area contributed by atoms with Crippen LogP contribution < -0.4 is 11.1 Å². The summed E-state index contributed by atoms with van der Waals surface area (Å²) in [5.41, 5.74) is 8.74. The van der Waals surface area contributed by atoms with Crippen LogP contribution in [0.5, 0.6) is 0 Å². The molecule has 0 bridgehead atoms. The minimum atomic E-state index is -0.985. The molecule has 0 saturated heterocycles. The molecule has 1 unspecified atom stereocenters. The van der Waals surface area contributed by atoms with Gasteiger partial charge in [0.05, 0.1) is 23.7 Å². The summed E-state index contributed by atoms with van der Waals surface area (Å²) < 4.78 is 15.8. The number of aryl methyl sites for hydroxylation is 1. The van der Waals surface area contributed by atoms with E-state index in [9.17, 15) is 19.1 Å². The molecule has 10 heteroatoms. The molecule has 0 radical (unpaired) electrons. The van der Waals surface area contributed by atoms with Gasteiger partial charge in [0.25, 0.3) is 11.9 Å². The van der Waals surface area contributed by atoms with Gasteiger partial charge in [-0.2, -0.15) is 9.78 Å². The van der Waals surface area contributed by atoms with Crippen molar-refractivity contribution >= 4 is 22.7 Å². The van der Waals surface area contributed by atoms with Crippen molar-refractivity contribution in [1.29, 1.82) is 0 Å². The Morgan fingerprint density at radius 2 is 1.91 bits per heavy atom. The molecule has 180 valence electrons. The SMILES string of the molecule is CCc1ccc(F)c(-c2cnc(-n3nc(C(C)O)c4c(CC(N)=O)cc(C(=O)NC)cc43)nc2)c1. The minimum absolute atomic E-state index is 0.150. The summed E-state index contributed by atoms with van der Waals surface area (Å²) in [6.07, 6.45) is 2.60. The molecule has 4 rings (SSSR count). The maximum absolute atomic E-state index is 14.4. The van der Waals surface area contributed by atoms with Crippen LogP contribution in [0.1, 0.15) is 47.1 Å². The Kier molecular flexibility index (Phi) is 6.57. The van der Waals surface area contributed by atoms with Crippen molar-refractivity contribution in [1.82, 2.24) is 25.1 Å². The number of carbonyl (C=O) groups excluding carboxylic acids is 2. The summed E-state index contributed by atoms with van der Waals surface area (Å²) >= 11 is 0. The van der Waals surface area contributed by atoms with Crippen LogP contribution in [0.15, 0.2) is 42.7 Å². The number of aliphatic hydroxyl groups excluding tert-OH is 1. The molecule has 0 fully saturated rings. The standard InChI is InChI=1S/C25H25FN6O3/c1-4-14-5-6-19(26)18(7-14)17-11-29-25(30-12-17)32-20-9-16(24(35)28-3)8-15(10-21(27)34)22(20)23(31-32)13(2)33/h5-9,11-13,33H,4,10H2,1-3H3,(H2,27,34)(H,28,35). The zero-order valence-corrected chi connectivity index (χ0v) is 19.5. The van der Waals surface area contributed by atoms with Crippen molar-refractivity contribution in [3.05, 3.63) is 70.9 Å². The predicted octanol–water partition coefficient (Wildman–Crippen LogP) is 2.62. The average molecular weight is 477 g/mol. The zero-order valence-electron chi connectivity index (χ0n) is 19.5. The Bertz CT molecular complexity index is 1430. The molecule has 0 aliphatic carbocycles. The highest BCUT2D eigenvalue weighted by atomic mass is 19.1. The number of aromatic nitrogens is 4. The Balaban J connectivity index is 1.90. The van der Waals surface area contributed by atoms with Gasteiger partial charge < -0.3 is 16.2 Å². The Morgan fingerprint density at radius 1 is 1.20 bits per heavy atom. The van der Waals surface area contributed by atoms with Gasteiger partial charge in [-0.05, 0) is 48.7 Å². The van der Waals surface area contributed by atoms with Crippen LogP contribution in [0.2, 0.25) is 0 Å². The number of rotatable bonds is 7. The van der Waals surface area contributed by atoms with Gasteiger partial charge in [0.1, 0.15) is 5.82 Å². The Labute approximate surface area is 200 Å². The molecule has 35 heavy (non-hydrogen) atoms. The number of hydrogen-bond acceptors (Lipinski definition) is 6. The van der Waals surface area contributed by atoms with Crippen molar-refractivity contribution in [3.8, 4) is 17.1 Å². The van der Waals surface area contributed by atoms with Crippen LogP contribution in [0.25, 0.3) is 28.0 Å². The molecule has 0 aliphatic rings. The number of nitrogens with zero attached hydrogens (tertiary/aromatic N) is 4. The first-order valence-corrected chi connectivity index (χ1v) is 11.1. The second-order valence-corrected chi connectivity index (χ2v) is 8.16. The molecular weight excluding hydrogens is 451 g/mol. The summed E-state index contributed by atoms with van der Waals surface area (Å²) in [7, 11) is 1.49. The summed E-state index contributed by atoms with van der Waals surface area (Å²) in [5.74, 6) is -1.20. The number of nitrogens with one attached hydrogen (secondary N) is 1. The van der Waals surface area contributed by atoms with Crippen LogP contribution in [0.4, 0.5) is 4.39 Å². The van der Waals surface area contributed by atoms with Crippen molar-refractivity contribution in [2.24, 2.45) is 5.73 Å². The van der Waals surface area contributed by atoms with E-state index in [2.05, 4.69) is 20.4 Å². The first-order chi connectivity index (χ1) is 16.7. The van der Waals surface area contributed by atoms with E-state index in [0.717, 1.165) is 12.0 Å². The van der Waals surface area contributed by atoms with Gasteiger partial charge in [0.15, 0.2) is 0 Å². The quantitative estimate of drug-likeness (QED) is 0.375. The van der Waals surface area contributed by atoms with Gasteiger partial charge in [-0.15, -0.1) is 0 Å². The molecule has 4 aromatic rings. The van der Waals surface area contributed by atoms with Crippen molar-refractivity contribution in [2.45, 2.75) is 32.8 Å². The number of primary amides is 1. The van der Waals surface area contributed by atoms with E-state index in [1.165, 1.54) is 30.2 Å². The molecule has 0 saturated carbocycles. The van der Waals surface area contributed by atoms with Crippen LogP contribution in [0.3, 0.4) is 0 Å². The molecular formula is C25H25FN6O3. The fourth-order valence-electron chi connectivity index (χ4n) is 3.99. The second-order valence-electron chi connectivity index (χ2n) is 8.16. The van der Waals surface area contributed by atoms with Crippen LogP contribution in [-0.4, -0.2) is 43.7 Å². The van der Waals surface area contributed by atoms with Crippen LogP contribution in [0, 0.1) is 5.82 Å². The third kappa shape index (κ3) is 4.60. The zero-order chi connectivity index (χ0) is 25.3. The van der Waals surface area contributed by atoms with Crippen molar-refractivity contribution in [3.63, 3.8) is 0 Å². The van der Waals surface area contributed by atoms with E-state index in [1.807, 2.05) is 6.92 Å². The van der Waals surface area contributed by atoms with E-state index in [0.29, 0.717) is 27.6 Å². The number of carbonyl (C=O) groups is 2. The molecule has 2 heterocycles. The third-order valence-corrected chi connectivity index (χ3v) is 5.72. The highest BCUT2D eigenvalue weighted by molar-refractivity contribution is 6.00. The van der Waals surface area contributed by atoms with E-state index >= 15 is 0 Å². The van der Waals surface area contributed by atoms with Gasteiger partial charge in [-0.3, -0.25) is 9.59 Å². The highest BCUT2D eigenvalue weighted by Crippen LogP contribution is 2.31. The Hall–Kier alpha value is -4.18. The highest BCUT2D eigenvalue weighted by Gasteiger charge is 2.23. The summed E-state index contributed by atoms with van der Waals surface area (Å²) in [5, 5.41) is 17.9. The summed E-state index contributed by atoms with van der Waals surface area (Å²) in [6.45, 7) is 3.53. The van der Waals surface area contributed by atoms with E-state index in [4.69, 9.17) is 5.73 Å². The number of nitrogens with two attached hydrogens (primary N) is 1. The Morgan fingerprint density at radius 3 is 2.51 bits per heavy atom. The number of amides is 2. The lowest BCUT2D eigenvalue weighted by Crippen LogP contribution is -2.19. The van der Waals surface area contributed by atoms with Gasteiger partial charge in [-0.1, -0.05) is 13.0 Å². The van der Waals surface area contributed by atoms with E-state index < -0.39 is 12.0 Å². The van der Waals surface area contributed by atoms with Crippen LogP contribution >= 0.6 is 0 Å². The van der Waals surface area contributed by atoms with Gasteiger partial charge in [0.2, 0.25) is 5.91 Å². The molecule has 1 atom stereocenters.